The molecule has 0 fully saturated rings. The molecule has 2 nitrogen and oxygen atoms in total. The van der Waals surface area contributed by atoms with Crippen LogP contribution in [0.2, 0.25) is 0 Å². The van der Waals surface area contributed by atoms with Crippen LogP contribution in [0.1, 0.15) is 0 Å². The second kappa shape index (κ2) is 13.3. The van der Waals surface area contributed by atoms with Crippen molar-refractivity contribution < 1.29 is 4.42 Å². The van der Waals surface area contributed by atoms with Crippen LogP contribution < -0.4 is 4.90 Å². The van der Waals surface area contributed by atoms with Crippen molar-refractivity contribution >= 4 is 102 Å². The summed E-state index contributed by atoms with van der Waals surface area (Å²) in [5, 5.41) is 7.33. The van der Waals surface area contributed by atoms with Crippen LogP contribution in [0.3, 0.4) is 0 Å². The molecule has 58 heavy (non-hydrogen) atoms. The highest BCUT2D eigenvalue weighted by Gasteiger charge is 2.20. The molecule has 4 heteroatoms. The third-order valence-corrected chi connectivity index (χ3v) is 13.8. The van der Waals surface area contributed by atoms with Gasteiger partial charge in [0.1, 0.15) is 11.2 Å². The summed E-state index contributed by atoms with van der Waals surface area (Å²) in [7, 11) is 0. The van der Waals surface area contributed by atoms with E-state index in [-0.39, 0.29) is 0 Å². The second-order valence-corrected chi connectivity index (χ2v) is 17.0. The van der Waals surface area contributed by atoms with Crippen molar-refractivity contribution in [1.82, 2.24) is 0 Å². The third-order valence-electron chi connectivity index (χ3n) is 11.5. The monoisotopic (exact) mass is 775 g/mol. The first kappa shape index (κ1) is 33.2. The lowest BCUT2D eigenvalue weighted by Crippen LogP contribution is -2.09. The molecule has 0 aliphatic carbocycles. The maximum atomic E-state index is 6.59. The number of thiophene rings is 2. The Balaban J connectivity index is 0.996. The highest BCUT2D eigenvalue weighted by Crippen LogP contribution is 2.47. The Morgan fingerprint density at radius 1 is 0.328 bits per heavy atom. The second-order valence-electron chi connectivity index (χ2n) is 14.8. The molecule has 0 atom stereocenters. The zero-order valence-electron chi connectivity index (χ0n) is 31.2. The standard InChI is InChI=1S/C54H33NOS2/c1-2-11-34(12-3-1)40-13-4-5-14-41(40)35-21-25-37(26-22-35)55(39-29-31-49-46(33-39)44-16-7-9-19-48(44)57-49)38-27-23-36(24-28-38)42-17-10-20-50-52(42)53-51(58-50)32-30-45-43-15-6-8-18-47(43)56-54(45)53/h1-33H. The summed E-state index contributed by atoms with van der Waals surface area (Å²) in [6.45, 7) is 0. The maximum absolute atomic E-state index is 6.59. The van der Waals surface area contributed by atoms with Crippen molar-refractivity contribution in [2.45, 2.75) is 0 Å². The van der Waals surface area contributed by atoms with Crippen molar-refractivity contribution in [2.75, 3.05) is 4.90 Å². The fraction of sp³-hybridized carbons (Fsp3) is 0. The van der Waals surface area contributed by atoms with E-state index >= 15 is 0 Å². The largest absolute Gasteiger partial charge is 0.455 e. The lowest BCUT2D eigenvalue weighted by molar-refractivity contribution is 0.673. The normalized spacial score (nSPS) is 11.8. The van der Waals surface area contributed by atoms with Gasteiger partial charge in [-0.1, -0.05) is 127 Å². The number of furan rings is 1. The molecule has 0 aliphatic rings. The quantitative estimate of drug-likeness (QED) is 0.167. The topological polar surface area (TPSA) is 16.4 Å². The van der Waals surface area contributed by atoms with Crippen molar-refractivity contribution in [1.29, 1.82) is 0 Å². The molecule has 0 saturated carbocycles. The van der Waals surface area contributed by atoms with E-state index < -0.39 is 0 Å². The first-order valence-corrected chi connectivity index (χ1v) is 21.2. The minimum Gasteiger partial charge on any atom is -0.455 e. The van der Waals surface area contributed by atoms with Gasteiger partial charge in [-0.3, -0.25) is 0 Å². The molecular weight excluding hydrogens is 743 g/mol. The van der Waals surface area contributed by atoms with Crippen molar-refractivity contribution in [3.05, 3.63) is 200 Å². The predicted octanol–water partition coefficient (Wildman–Crippen LogP) is 16.8. The molecule has 12 aromatic rings. The Labute approximate surface area is 343 Å². The van der Waals surface area contributed by atoms with Crippen molar-refractivity contribution in [3.63, 3.8) is 0 Å². The highest BCUT2D eigenvalue weighted by atomic mass is 32.1. The minimum atomic E-state index is 0.924. The van der Waals surface area contributed by atoms with Gasteiger partial charge in [-0.2, -0.15) is 0 Å². The Kier molecular flexibility index (Phi) is 7.62. The molecule has 0 spiro atoms. The van der Waals surface area contributed by atoms with Crippen molar-refractivity contribution in [3.8, 4) is 33.4 Å². The molecule has 0 bridgehead atoms. The molecule has 3 aromatic heterocycles. The minimum absolute atomic E-state index is 0.924. The average molecular weight is 776 g/mol. The summed E-state index contributed by atoms with van der Waals surface area (Å²) < 4.78 is 11.7. The summed E-state index contributed by atoms with van der Waals surface area (Å²) in [5.41, 5.74) is 12.5. The van der Waals surface area contributed by atoms with Gasteiger partial charge in [0.25, 0.3) is 0 Å². The predicted molar refractivity (Wildman–Crippen MR) is 250 cm³/mol. The van der Waals surface area contributed by atoms with Gasteiger partial charge in [0.2, 0.25) is 0 Å². The number of hydrogen-bond acceptors (Lipinski definition) is 4. The van der Waals surface area contributed by atoms with Gasteiger partial charge in [0, 0.05) is 68.2 Å². The molecule has 0 radical (unpaired) electrons. The van der Waals surface area contributed by atoms with E-state index in [0.717, 1.165) is 39.0 Å². The Hall–Kier alpha value is -6.98. The Bertz CT molecular complexity index is 3500. The molecule has 0 N–H and O–H groups in total. The first-order chi connectivity index (χ1) is 28.7. The molecule has 272 valence electrons. The fourth-order valence-electron chi connectivity index (χ4n) is 8.81. The van der Waals surface area contributed by atoms with Gasteiger partial charge in [-0.05, 0) is 106 Å². The third kappa shape index (κ3) is 5.30. The Morgan fingerprint density at radius 2 is 0.862 bits per heavy atom. The van der Waals surface area contributed by atoms with Crippen LogP contribution in [0.5, 0.6) is 0 Å². The van der Waals surface area contributed by atoms with Crippen LogP contribution in [0.4, 0.5) is 17.1 Å². The van der Waals surface area contributed by atoms with E-state index in [2.05, 4.69) is 199 Å². The molecule has 3 heterocycles. The molecular formula is C54H33NOS2. The van der Waals surface area contributed by atoms with E-state index in [0.29, 0.717) is 0 Å². The molecule has 0 amide bonds. The van der Waals surface area contributed by atoms with Gasteiger partial charge in [-0.25, -0.2) is 0 Å². The zero-order chi connectivity index (χ0) is 38.2. The summed E-state index contributed by atoms with van der Waals surface area (Å²) >= 11 is 3.68. The van der Waals surface area contributed by atoms with E-state index in [1.807, 2.05) is 28.7 Å². The Morgan fingerprint density at radius 3 is 1.64 bits per heavy atom. The lowest BCUT2D eigenvalue weighted by Gasteiger charge is -2.26. The van der Waals surface area contributed by atoms with Gasteiger partial charge >= 0.3 is 0 Å². The van der Waals surface area contributed by atoms with Crippen molar-refractivity contribution in [2.24, 2.45) is 0 Å². The van der Waals surface area contributed by atoms with Crippen LogP contribution >= 0.6 is 22.7 Å². The van der Waals surface area contributed by atoms with Crippen LogP contribution in [0.25, 0.3) is 95.7 Å². The van der Waals surface area contributed by atoms with Gasteiger partial charge in [-0.15, -0.1) is 22.7 Å². The zero-order valence-corrected chi connectivity index (χ0v) is 32.9. The molecule has 0 aliphatic heterocycles. The molecule has 12 rings (SSSR count). The van der Waals surface area contributed by atoms with E-state index in [4.69, 9.17) is 4.42 Å². The van der Waals surface area contributed by atoms with Crippen LogP contribution in [0.15, 0.2) is 205 Å². The number of para-hydroxylation sites is 1. The summed E-state index contributed by atoms with van der Waals surface area (Å²) in [4.78, 5) is 2.39. The van der Waals surface area contributed by atoms with Crippen LogP contribution in [0, 0.1) is 0 Å². The number of benzene rings is 9. The number of fused-ring (bicyclic) bond motifs is 10. The summed E-state index contributed by atoms with van der Waals surface area (Å²) in [6.07, 6.45) is 0. The number of hydrogen-bond donors (Lipinski definition) is 0. The van der Waals surface area contributed by atoms with E-state index in [1.165, 1.54) is 73.7 Å². The van der Waals surface area contributed by atoms with Gasteiger partial charge < -0.3 is 9.32 Å². The number of rotatable bonds is 6. The SMILES string of the molecule is c1ccc(-c2ccccc2-c2ccc(N(c3ccc(-c4cccc5sc6ccc7c8ccccc8oc7c6c45)cc3)c3ccc4sc5ccccc5c4c3)cc2)cc1. The van der Waals surface area contributed by atoms with Crippen LogP contribution in [-0.2, 0) is 0 Å². The van der Waals surface area contributed by atoms with Gasteiger partial charge in [0.05, 0.1) is 0 Å². The average Bonchev–Trinajstić information content (AvgIpc) is 3.98. The first-order valence-electron chi connectivity index (χ1n) is 19.6. The fourth-order valence-corrected chi connectivity index (χ4v) is 11.0. The number of anilines is 3. The lowest BCUT2D eigenvalue weighted by atomic mass is 9.94. The molecule has 0 saturated heterocycles. The van der Waals surface area contributed by atoms with Crippen LogP contribution in [-0.4, -0.2) is 0 Å². The molecule has 9 aromatic carbocycles. The van der Waals surface area contributed by atoms with Gasteiger partial charge in [0.15, 0.2) is 0 Å². The smallest absolute Gasteiger partial charge is 0.144 e. The maximum Gasteiger partial charge on any atom is 0.144 e. The molecule has 0 unspecified atom stereocenters. The number of nitrogens with zero attached hydrogens (tertiary/aromatic N) is 1. The van der Waals surface area contributed by atoms with E-state index in [9.17, 15) is 0 Å². The summed E-state index contributed by atoms with van der Waals surface area (Å²) in [6, 6.07) is 72.6. The van der Waals surface area contributed by atoms with E-state index in [1.54, 1.807) is 0 Å². The highest BCUT2D eigenvalue weighted by molar-refractivity contribution is 7.26. The summed E-state index contributed by atoms with van der Waals surface area (Å²) in [5.74, 6) is 0.